The van der Waals surface area contributed by atoms with Crippen molar-refractivity contribution in [3.8, 4) is 0 Å². The lowest BCUT2D eigenvalue weighted by Gasteiger charge is -2.37. The molecule has 2 rings (SSSR count). The Labute approximate surface area is 118 Å². The fourth-order valence-corrected chi connectivity index (χ4v) is 3.65. The molecule has 1 aliphatic heterocycles. The van der Waals surface area contributed by atoms with Crippen molar-refractivity contribution in [2.24, 2.45) is 11.8 Å². The molecule has 2 fully saturated rings. The highest BCUT2D eigenvalue weighted by molar-refractivity contribution is 4.89. The maximum Gasteiger partial charge on any atom is 0.0774 e. The average Bonchev–Trinajstić information content (AvgIpc) is 2.75. The lowest BCUT2D eigenvalue weighted by Crippen LogP contribution is -2.47. The zero-order valence-corrected chi connectivity index (χ0v) is 12.8. The van der Waals surface area contributed by atoms with E-state index in [2.05, 4.69) is 24.1 Å². The van der Waals surface area contributed by atoms with Gasteiger partial charge in [0.2, 0.25) is 0 Å². The minimum Gasteiger partial charge on any atom is -0.389 e. The lowest BCUT2D eigenvalue weighted by atomic mass is 9.95. The molecule has 1 aliphatic carbocycles. The van der Waals surface area contributed by atoms with Crippen LogP contribution in [0.4, 0.5) is 0 Å². The predicted molar refractivity (Wildman–Crippen MR) is 80.3 cm³/mol. The van der Waals surface area contributed by atoms with Crippen LogP contribution in [0.3, 0.4) is 0 Å². The van der Waals surface area contributed by atoms with E-state index in [4.69, 9.17) is 0 Å². The highest BCUT2D eigenvalue weighted by Crippen LogP contribution is 2.31. The van der Waals surface area contributed by atoms with Gasteiger partial charge in [-0.15, -0.1) is 0 Å². The largest absolute Gasteiger partial charge is 0.389 e. The van der Waals surface area contributed by atoms with E-state index in [-0.39, 0.29) is 5.60 Å². The number of likely N-dealkylation sites (tertiary alicyclic amines) is 1. The zero-order chi connectivity index (χ0) is 13.7. The maximum atomic E-state index is 10.5. The van der Waals surface area contributed by atoms with Gasteiger partial charge in [-0.25, -0.2) is 0 Å². The van der Waals surface area contributed by atoms with E-state index < -0.39 is 0 Å². The SMILES string of the molecule is CC(C)CNCC1CCCN(CC2(O)CCCC2)C1. The van der Waals surface area contributed by atoms with Crippen LogP contribution < -0.4 is 5.32 Å². The van der Waals surface area contributed by atoms with Gasteiger partial charge in [-0.2, -0.15) is 0 Å². The van der Waals surface area contributed by atoms with E-state index in [1.807, 2.05) is 0 Å². The smallest absolute Gasteiger partial charge is 0.0774 e. The lowest BCUT2D eigenvalue weighted by molar-refractivity contribution is -0.00212. The van der Waals surface area contributed by atoms with Gasteiger partial charge in [-0.1, -0.05) is 26.7 Å². The van der Waals surface area contributed by atoms with E-state index in [1.165, 1.54) is 38.8 Å². The zero-order valence-electron chi connectivity index (χ0n) is 12.8. The van der Waals surface area contributed by atoms with Crippen LogP contribution in [0.15, 0.2) is 0 Å². The van der Waals surface area contributed by atoms with Crippen molar-refractivity contribution >= 4 is 0 Å². The predicted octanol–water partition coefficient (Wildman–Crippen LogP) is 2.25. The van der Waals surface area contributed by atoms with Gasteiger partial charge in [0.05, 0.1) is 5.60 Å². The standard InChI is InChI=1S/C16H32N2O/c1-14(2)10-17-11-15-6-5-9-18(12-15)13-16(19)7-3-4-8-16/h14-15,17,19H,3-13H2,1-2H3. The van der Waals surface area contributed by atoms with Gasteiger partial charge in [0.15, 0.2) is 0 Å². The second kappa shape index (κ2) is 7.05. The Morgan fingerprint density at radius 3 is 2.68 bits per heavy atom. The topological polar surface area (TPSA) is 35.5 Å². The summed E-state index contributed by atoms with van der Waals surface area (Å²) in [5.74, 6) is 1.51. The third-order valence-corrected chi connectivity index (χ3v) is 4.64. The Hall–Kier alpha value is -0.120. The first-order valence-corrected chi connectivity index (χ1v) is 8.23. The molecule has 112 valence electrons. The molecule has 0 aromatic carbocycles. The van der Waals surface area contributed by atoms with Gasteiger partial charge in [-0.3, -0.25) is 0 Å². The van der Waals surface area contributed by atoms with Crippen LogP contribution in [0.25, 0.3) is 0 Å². The number of nitrogens with one attached hydrogen (secondary N) is 1. The first kappa shape index (κ1) is 15.3. The Bertz CT molecular complexity index is 261. The average molecular weight is 268 g/mol. The van der Waals surface area contributed by atoms with Gasteiger partial charge in [0.25, 0.3) is 0 Å². The first-order chi connectivity index (χ1) is 9.07. The summed E-state index contributed by atoms with van der Waals surface area (Å²) >= 11 is 0. The van der Waals surface area contributed by atoms with Crippen LogP contribution in [-0.2, 0) is 0 Å². The monoisotopic (exact) mass is 268 g/mol. The van der Waals surface area contributed by atoms with Gasteiger partial charge in [-0.05, 0) is 57.2 Å². The fraction of sp³-hybridized carbons (Fsp3) is 1.00. The Morgan fingerprint density at radius 2 is 2.00 bits per heavy atom. The minimum atomic E-state index is -0.368. The Morgan fingerprint density at radius 1 is 1.26 bits per heavy atom. The molecule has 1 unspecified atom stereocenters. The first-order valence-electron chi connectivity index (χ1n) is 8.23. The molecule has 1 heterocycles. The number of rotatable bonds is 6. The summed E-state index contributed by atoms with van der Waals surface area (Å²) in [6.45, 7) is 10.1. The number of hydrogen-bond donors (Lipinski definition) is 2. The molecular weight excluding hydrogens is 236 g/mol. The van der Waals surface area contributed by atoms with Crippen molar-refractivity contribution in [3.05, 3.63) is 0 Å². The van der Waals surface area contributed by atoms with Crippen molar-refractivity contribution in [3.63, 3.8) is 0 Å². The van der Waals surface area contributed by atoms with Crippen molar-refractivity contribution in [1.82, 2.24) is 10.2 Å². The molecule has 1 atom stereocenters. The van der Waals surface area contributed by atoms with E-state index >= 15 is 0 Å². The summed E-state index contributed by atoms with van der Waals surface area (Å²) in [5.41, 5.74) is -0.368. The van der Waals surface area contributed by atoms with Crippen molar-refractivity contribution in [1.29, 1.82) is 0 Å². The molecule has 0 aromatic rings. The highest BCUT2D eigenvalue weighted by atomic mass is 16.3. The summed E-state index contributed by atoms with van der Waals surface area (Å²) in [4.78, 5) is 2.51. The summed E-state index contributed by atoms with van der Waals surface area (Å²) in [7, 11) is 0. The molecule has 3 nitrogen and oxygen atoms in total. The molecular formula is C16H32N2O. The van der Waals surface area contributed by atoms with E-state index in [9.17, 15) is 5.11 Å². The molecule has 2 N–H and O–H groups in total. The molecule has 0 radical (unpaired) electrons. The third kappa shape index (κ3) is 5.05. The molecule has 2 aliphatic rings. The van der Waals surface area contributed by atoms with Crippen molar-refractivity contribution in [2.45, 2.75) is 58.0 Å². The molecule has 19 heavy (non-hydrogen) atoms. The second-order valence-corrected chi connectivity index (χ2v) is 7.23. The number of nitrogens with zero attached hydrogens (tertiary/aromatic N) is 1. The van der Waals surface area contributed by atoms with Crippen LogP contribution in [0.2, 0.25) is 0 Å². The Balaban J connectivity index is 1.71. The summed E-state index contributed by atoms with van der Waals surface area (Å²) in [5, 5.41) is 14.1. The maximum absolute atomic E-state index is 10.5. The molecule has 3 heteroatoms. The van der Waals surface area contributed by atoms with Gasteiger partial charge in [0.1, 0.15) is 0 Å². The number of β-amino-alcohol motifs (C(OH)–C–C–N with tert-alkyl or cyclic N) is 1. The Kier molecular flexibility index (Phi) is 5.67. The van der Waals surface area contributed by atoms with Crippen LogP contribution in [0, 0.1) is 11.8 Å². The normalized spacial score (nSPS) is 28.1. The van der Waals surface area contributed by atoms with E-state index in [0.717, 1.165) is 44.3 Å². The number of hydrogen-bond acceptors (Lipinski definition) is 3. The van der Waals surface area contributed by atoms with Gasteiger partial charge < -0.3 is 15.3 Å². The minimum absolute atomic E-state index is 0.368. The van der Waals surface area contributed by atoms with Crippen LogP contribution >= 0.6 is 0 Å². The molecule has 0 bridgehead atoms. The molecule has 0 spiro atoms. The third-order valence-electron chi connectivity index (χ3n) is 4.64. The van der Waals surface area contributed by atoms with Crippen LogP contribution in [-0.4, -0.2) is 48.3 Å². The van der Waals surface area contributed by atoms with Crippen molar-refractivity contribution < 1.29 is 5.11 Å². The van der Waals surface area contributed by atoms with Crippen LogP contribution in [0.1, 0.15) is 52.4 Å². The fourth-order valence-electron chi connectivity index (χ4n) is 3.65. The van der Waals surface area contributed by atoms with Crippen LogP contribution in [0.5, 0.6) is 0 Å². The highest BCUT2D eigenvalue weighted by Gasteiger charge is 2.34. The molecule has 0 aromatic heterocycles. The van der Waals surface area contributed by atoms with Crippen molar-refractivity contribution in [2.75, 3.05) is 32.7 Å². The second-order valence-electron chi connectivity index (χ2n) is 7.23. The van der Waals surface area contributed by atoms with E-state index in [0.29, 0.717) is 0 Å². The van der Waals surface area contributed by atoms with Gasteiger partial charge >= 0.3 is 0 Å². The molecule has 0 amide bonds. The summed E-state index contributed by atoms with van der Waals surface area (Å²) in [6, 6.07) is 0. The van der Waals surface area contributed by atoms with Gasteiger partial charge in [0, 0.05) is 13.1 Å². The summed E-state index contributed by atoms with van der Waals surface area (Å²) < 4.78 is 0. The molecule has 1 saturated carbocycles. The van der Waals surface area contributed by atoms with E-state index in [1.54, 1.807) is 0 Å². The number of piperidine rings is 1. The quantitative estimate of drug-likeness (QED) is 0.775. The number of aliphatic hydroxyl groups is 1. The summed E-state index contributed by atoms with van der Waals surface area (Å²) in [6.07, 6.45) is 7.09. The molecule has 1 saturated heterocycles.